The zero-order chi connectivity index (χ0) is 16.8. The fraction of sp³-hybridized carbons (Fsp3) is 0.312. The Bertz CT molecular complexity index is 741. The second kappa shape index (κ2) is 5.65. The van der Waals surface area contributed by atoms with Crippen LogP contribution < -0.4 is 4.74 Å². The molecule has 0 atom stereocenters. The summed E-state index contributed by atoms with van der Waals surface area (Å²) in [6.45, 7) is 3.62. The molecule has 0 saturated carbocycles. The van der Waals surface area contributed by atoms with Gasteiger partial charge < -0.3 is 9.47 Å². The molecule has 2 aromatic rings. The highest BCUT2D eigenvalue weighted by atomic mass is 35.5. The summed E-state index contributed by atoms with van der Waals surface area (Å²) in [6.07, 6.45) is 0. The first-order chi connectivity index (χ1) is 10.8. The summed E-state index contributed by atoms with van der Waals surface area (Å²) in [5.74, 6) is -0.0436. The first-order valence-electron chi connectivity index (χ1n) is 6.93. The molecule has 0 spiro atoms. The van der Waals surface area contributed by atoms with Crippen LogP contribution in [0.1, 0.15) is 30.9 Å². The Hall–Kier alpha value is -1.85. The number of ether oxygens (including phenoxy) is 2. The second-order valence-corrected chi connectivity index (χ2v) is 6.58. The van der Waals surface area contributed by atoms with Crippen LogP contribution in [0.3, 0.4) is 0 Å². The predicted octanol–water partition coefficient (Wildman–Crippen LogP) is 4.22. The van der Waals surface area contributed by atoms with Crippen LogP contribution in [-0.4, -0.2) is 23.0 Å². The van der Waals surface area contributed by atoms with Crippen LogP contribution in [0.25, 0.3) is 0 Å². The van der Waals surface area contributed by atoms with Crippen LogP contribution in [-0.2, 0) is 9.53 Å². The molecule has 0 aromatic carbocycles. The van der Waals surface area contributed by atoms with Crippen molar-refractivity contribution < 1.29 is 14.3 Å². The van der Waals surface area contributed by atoms with Gasteiger partial charge in [0.05, 0.1) is 12.5 Å². The number of aromatic nitrogens is 2. The van der Waals surface area contributed by atoms with E-state index in [1.165, 1.54) is 7.11 Å². The van der Waals surface area contributed by atoms with Crippen LogP contribution in [0.2, 0.25) is 10.3 Å². The molecule has 0 aliphatic carbocycles. The lowest BCUT2D eigenvalue weighted by Gasteiger charge is -2.36. The molecule has 2 aromatic heterocycles. The normalized spacial score (nSPS) is 13.8. The van der Waals surface area contributed by atoms with Gasteiger partial charge in [-0.2, -0.15) is 0 Å². The third-order valence-corrected chi connectivity index (χ3v) is 4.38. The number of carbonyl (C=O) groups is 1. The zero-order valence-electron chi connectivity index (χ0n) is 12.8. The largest absolute Gasteiger partial charge is 0.469 e. The predicted molar refractivity (Wildman–Crippen MR) is 86.2 cm³/mol. The molecule has 23 heavy (non-hydrogen) atoms. The summed E-state index contributed by atoms with van der Waals surface area (Å²) in [6, 6.07) is 6.94. The van der Waals surface area contributed by atoms with E-state index >= 15 is 0 Å². The number of hydrogen-bond donors (Lipinski definition) is 0. The van der Waals surface area contributed by atoms with Crippen molar-refractivity contribution in [1.29, 1.82) is 0 Å². The zero-order valence-corrected chi connectivity index (χ0v) is 14.3. The van der Waals surface area contributed by atoms with Crippen molar-refractivity contribution in [1.82, 2.24) is 9.97 Å². The molecular formula is C16H14Cl2N2O3. The Balaban J connectivity index is 2.24. The van der Waals surface area contributed by atoms with E-state index in [9.17, 15) is 4.79 Å². The third kappa shape index (κ3) is 2.64. The molecule has 3 rings (SSSR count). The van der Waals surface area contributed by atoms with E-state index in [4.69, 9.17) is 32.7 Å². The van der Waals surface area contributed by atoms with E-state index in [0.717, 1.165) is 11.1 Å². The lowest BCUT2D eigenvalue weighted by Crippen LogP contribution is -2.35. The molecule has 3 heterocycles. The summed E-state index contributed by atoms with van der Waals surface area (Å²) < 4.78 is 10.7. The Morgan fingerprint density at radius 1 is 1.09 bits per heavy atom. The number of pyridine rings is 2. The van der Waals surface area contributed by atoms with Gasteiger partial charge in [-0.25, -0.2) is 9.97 Å². The van der Waals surface area contributed by atoms with Crippen molar-refractivity contribution in [3.05, 3.63) is 45.7 Å². The summed E-state index contributed by atoms with van der Waals surface area (Å²) in [4.78, 5) is 20.7. The van der Waals surface area contributed by atoms with Crippen molar-refractivity contribution in [3.8, 4) is 11.8 Å². The average Bonchev–Trinajstić information content (AvgIpc) is 2.51. The van der Waals surface area contributed by atoms with Gasteiger partial charge >= 0.3 is 5.97 Å². The van der Waals surface area contributed by atoms with Gasteiger partial charge in [0.1, 0.15) is 10.3 Å². The molecule has 0 N–H and O–H groups in total. The van der Waals surface area contributed by atoms with Gasteiger partial charge in [0, 0.05) is 17.0 Å². The minimum Gasteiger partial charge on any atom is -0.469 e. The minimum absolute atomic E-state index is 0.295. The van der Waals surface area contributed by atoms with Gasteiger partial charge in [-0.1, -0.05) is 23.2 Å². The molecule has 1 aliphatic heterocycles. The molecule has 0 saturated heterocycles. The highest BCUT2D eigenvalue weighted by Gasteiger charge is 2.45. The van der Waals surface area contributed by atoms with Crippen LogP contribution in [0, 0.1) is 5.41 Å². The van der Waals surface area contributed by atoms with Crippen molar-refractivity contribution in [3.63, 3.8) is 0 Å². The molecule has 1 aliphatic rings. The van der Waals surface area contributed by atoms with E-state index in [1.807, 2.05) is 13.8 Å². The molecule has 0 bridgehead atoms. The second-order valence-electron chi connectivity index (χ2n) is 5.81. The molecule has 5 nitrogen and oxygen atoms in total. The average molecular weight is 353 g/mol. The van der Waals surface area contributed by atoms with Gasteiger partial charge in [0.25, 0.3) is 0 Å². The molecule has 0 radical (unpaired) electrons. The number of methoxy groups -OCH3 is 1. The highest BCUT2D eigenvalue weighted by Crippen LogP contribution is 2.51. The highest BCUT2D eigenvalue weighted by molar-refractivity contribution is 6.29. The SMILES string of the molecule is COC(=O)C(C)(C)C1c2ccc(Cl)nc2Oc2nc(Cl)ccc21. The number of hydrogen-bond acceptors (Lipinski definition) is 5. The Labute approximate surface area is 143 Å². The third-order valence-electron chi connectivity index (χ3n) is 3.96. The molecule has 0 amide bonds. The van der Waals surface area contributed by atoms with Crippen LogP contribution in [0.15, 0.2) is 24.3 Å². The number of esters is 1. The first-order valence-corrected chi connectivity index (χ1v) is 7.69. The van der Waals surface area contributed by atoms with Gasteiger partial charge in [-0.3, -0.25) is 4.79 Å². The van der Waals surface area contributed by atoms with Crippen LogP contribution >= 0.6 is 23.2 Å². The van der Waals surface area contributed by atoms with Crippen molar-refractivity contribution in [2.24, 2.45) is 5.41 Å². The number of fused-ring (bicyclic) bond motifs is 2. The number of halogens is 2. The van der Waals surface area contributed by atoms with Gasteiger partial charge in [0.2, 0.25) is 11.8 Å². The number of nitrogens with zero attached hydrogens (tertiary/aromatic N) is 2. The van der Waals surface area contributed by atoms with E-state index in [-0.39, 0.29) is 11.9 Å². The first kappa shape index (κ1) is 16.0. The lowest BCUT2D eigenvalue weighted by molar-refractivity contribution is -0.151. The van der Waals surface area contributed by atoms with E-state index in [1.54, 1.807) is 24.3 Å². The monoisotopic (exact) mass is 352 g/mol. The maximum absolute atomic E-state index is 12.3. The van der Waals surface area contributed by atoms with Gasteiger partial charge in [-0.05, 0) is 38.1 Å². The van der Waals surface area contributed by atoms with E-state index in [0.29, 0.717) is 22.1 Å². The summed E-state index contributed by atoms with van der Waals surface area (Å²) in [7, 11) is 1.37. The fourth-order valence-corrected chi connectivity index (χ4v) is 3.16. The van der Waals surface area contributed by atoms with E-state index < -0.39 is 5.41 Å². The van der Waals surface area contributed by atoms with Crippen LogP contribution in [0.5, 0.6) is 11.8 Å². The lowest BCUT2D eigenvalue weighted by atomic mass is 9.71. The smallest absolute Gasteiger partial charge is 0.312 e. The summed E-state index contributed by atoms with van der Waals surface area (Å²) in [5, 5.41) is 0.590. The maximum atomic E-state index is 12.3. The van der Waals surface area contributed by atoms with Gasteiger partial charge in [-0.15, -0.1) is 0 Å². The van der Waals surface area contributed by atoms with Crippen LogP contribution in [0.4, 0.5) is 0 Å². The Morgan fingerprint density at radius 2 is 1.57 bits per heavy atom. The van der Waals surface area contributed by atoms with Crippen molar-refractivity contribution >= 4 is 29.2 Å². The van der Waals surface area contributed by atoms with Crippen molar-refractivity contribution in [2.75, 3.05) is 7.11 Å². The number of carbonyl (C=O) groups excluding carboxylic acids is 1. The molecule has 0 fully saturated rings. The van der Waals surface area contributed by atoms with Crippen molar-refractivity contribution in [2.45, 2.75) is 19.8 Å². The summed E-state index contributed by atoms with van der Waals surface area (Å²) >= 11 is 11.9. The number of rotatable bonds is 2. The maximum Gasteiger partial charge on any atom is 0.312 e. The Kier molecular flexibility index (Phi) is 3.94. The molecular weight excluding hydrogens is 339 g/mol. The minimum atomic E-state index is -0.854. The Morgan fingerprint density at radius 3 is 2.00 bits per heavy atom. The quantitative estimate of drug-likeness (QED) is 0.598. The molecule has 7 heteroatoms. The molecule has 120 valence electrons. The summed E-state index contributed by atoms with van der Waals surface area (Å²) in [5.41, 5.74) is 0.649. The fourth-order valence-electron chi connectivity index (χ4n) is 2.88. The molecule has 0 unspecified atom stereocenters. The van der Waals surface area contributed by atoms with E-state index in [2.05, 4.69) is 9.97 Å². The topological polar surface area (TPSA) is 61.3 Å². The van der Waals surface area contributed by atoms with Gasteiger partial charge in [0.15, 0.2) is 0 Å². The standard InChI is InChI=1S/C16H14Cl2N2O3/c1-16(2,15(21)22-3)12-8-4-6-10(17)19-13(8)23-14-9(12)5-7-11(18)20-14/h4-7,12H,1-3H3.